The second-order valence-corrected chi connectivity index (χ2v) is 4.31. The predicted octanol–water partition coefficient (Wildman–Crippen LogP) is 2.95. The van der Waals surface area contributed by atoms with Gasteiger partial charge in [0, 0.05) is 0 Å². The number of nitrogens with zero attached hydrogens (tertiary/aromatic N) is 1. The number of carboxylic acids is 1. The van der Waals surface area contributed by atoms with Crippen molar-refractivity contribution in [2.75, 3.05) is 0 Å². The fourth-order valence-corrected chi connectivity index (χ4v) is 1.86. The van der Waals surface area contributed by atoms with E-state index < -0.39 is 5.97 Å². The molecule has 1 saturated carbocycles. The van der Waals surface area contributed by atoms with Crippen LogP contribution < -0.4 is 0 Å². The first-order valence-corrected chi connectivity index (χ1v) is 5.58. The molecule has 1 aliphatic carbocycles. The van der Waals surface area contributed by atoms with Crippen molar-refractivity contribution in [2.45, 2.75) is 25.7 Å². The molecule has 0 radical (unpaired) electrons. The average molecular weight is 227 g/mol. The molecule has 1 aromatic carbocycles. The third-order valence-corrected chi connectivity index (χ3v) is 3.09. The molecule has 0 heterocycles. The summed E-state index contributed by atoms with van der Waals surface area (Å²) in [5.41, 5.74) is 2.43. The lowest BCUT2D eigenvalue weighted by molar-refractivity contribution is -0.132. The van der Waals surface area contributed by atoms with E-state index in [1.165, 1.54) is 18.4 Å². The van der Waals surface area contributed by atoms with Crippen LogP contribution in [0.25, 0.3) is 5.57 Å². The van der Waals surface area contributed by atoms with E-state index in [1.54, 1.807) is 13.0 Å². The van der Waals surface area contributed by atoms with Gasteiger partial charge in [-0.15, -0.1) is 0 Å². The molecule has 3 nitrogen and oxygen atoms in total. The highest BCUT2D eigenvalue weighted by Gasteiger charge is 2.23. The molecule has 1 fully saturated rings. The number of hydrogen-bond donors (Lipinski definition) is 1. The van der Waals surface area contributed by atoms with E-state index in [0.717, 1.165) is 5.56 Å². The van der Waals surface area contributed by atoms with Crippen LogP contribution in [0.3, 0.4) is 0 Å². The number of carboxylic acid groups (broad SMARTS) is 1. The van der Waals surface area contributed by atoms with Crippen molar-refractivity contribution in [1.29, 1.82) is 5.26 Å². The monoisotopic (exact) mass is 227 g/mol. The molecule has 1 N–H and O–H groups in total. The van der Waals surface area contributed by atoms with Crippen LogP contribution in [0.2, 0.25) is 0 Å². The number of allylic oxidation sites excluding steroid dienone is 1. The van der Waals surface area contributed by atoms with E-state index in [-0.39, 0.29) is 5.57 Å². The molecule has 2 rings (SSSR count). The molecule has 3 heteroatoms. The van der Waals surface area contributed by atoms with Crippen LogP contribution in [0.1, 0.15) is 36.8 Å². The van der Waals surface area contributed by atoms with Gasteiger partial charge < -0.3 is 5.11 Å². The molecule has 0 unspecified atom stereocenters. The van der Waals surface area contributed by atoms with Gasteiger partial charge in [0.1, 0.15) is 11.6 Å². The van der Waals surface area contributed by atoms with Crippen LogP contribution in [0.15, 0.2) is 29.8 Å². The Bertz CT molecular complexity index is 516. The molecule has 0 spiro atoms. The molecule has 0 atom stereocenters. The average Bonchev–Trinajstić information content (AvgIpc) is 3.13. The van der Waals surface area contributed by atoms with Crippen LogP contribution in [0, 0.1) is 11.3 Å². The van der Waals surface area contributed by atoms with E-state index in [0.29, 0.717) is 11.5 Å². The zero-order valence-corrected chi connectivity index (χ0v) is 9.60. The molecule has 86 valence electrons. The first kappa shape index (κ1) is 11.4. The van der Waals surface area contributed by atoms with E-state index in [4.69, 9.17) is 10.4 Å². The number of rotatable bonds is 3. The normalized spacial score (nSPS) is 16.0. The lowest BCUT2D eigenvalue weighted by Crippen LogP contribution is -2.00. The summed E-state index contributed by atoms with van der Waals surface area (Å²) in [5, 5.41) is 17.7. The number of nitriles is 1. The van der Waals surface area contributed by atoms with Crippen LogP contribution in [0.4, 0.5) is 0 Å². The van der Waals surface area contributed by atoms with Crippen molar-refractivity contribution >= 4 is 11.5 Å². The Morgan fingerprint density at radius 3 is 2.35 bits per heavy atom. The van der Waals surface area contributed by atoms with Crippen molar-refractivity contribution in [3.63, 3.8) is 0 Å². The second kappa shape index (κ2) is 4.42. The summed E-state index contributed by atoms with van der Waals surface area (Å²) in [6.45, 7) is 1.67. The third-order valence-electron chi connectivity index (χ3n) is 3.09. The molecule has 0 saturated heterocycles. The Labute approximate surface area is 100 Å². The highest BCUT2D eigenvalue weighted by atomic mass is 16.4. The number of aliphatic carboxylic acids is 1. The standard InChI is InChI=1S/C14H13NO2/c1-9(13(8-15)14(16)17)10-2-4-11(5-3-10)12-6-7-12/h2-5,12H,6-7H2,1H3,(H,16,17). The van der Waals surface area contributed by atoms with Crippen LogP contribution in [-0.2, 0) is 4.79 Å². The molecule has 0 bridgehead atoms. The molecule has 0 aromatic heterocycles. The Morgan fingerprint density at radius 1 is 1.35 bits per heavy atom. The molecular weight excluding hydrogens is 214 g/mol. The summed E-state index contributed by atoms with van der Waals surface area (Å²) in [6.07, 6.45) is 2.49. The minimum absolute atomic E-state index is 0.191. The largest absolute Gasteiger partial charge is 0.477 e. The molecule has 17 heavy (non-hydrogen) atoms. The fourth-order valence-electron chi connectivity index (χ4n) is 1.86. The Hall–Kier alpha value is -2.08. The van der Waals surface area contributed by atoms with Gasteiger partial charge in [-0.25, -0.2) is 4.79 Å². The van der Waals surface area contributed by atoms with Gasteiger partial charge in [-0.05, 0) is 42.4 Å². The van der Waals surface area contributed by atoms with Gasteiger partial charge in [-0.1, -0.05) is 24.3 Å². The highest BCUT2D eigenvalue weighted by Crippen LogP contribution is 2.40. The quantitative estimate of drug-likeness (QED) is 0.638. The van der Waals surface area contributed by atoms with Gasteiger partial charge in [0.15, 0.2) is 0 Å². The first-order valence-electron chi connectivity index (χ1n) is 5.58. The number of benzene rings is 1. The predicted molar refractivity (Wildman–Crippen MR) is 64.3 cm³/mol. The van der Waals surface area contributed by atoms with Crippen molar-refractivity contribution in [3.8, 4) is 6.07 Å². The number of carbonyl (C=O) groups is 1. The SMILES string of the molecule is CC(=C(C#N)C(=O)O)c1ccc(C2CC2)cc1. The summed E-state index contributed by atoms with van der Waals surface area (Å²) in [5.74, 6) is -0.487. The highest BCUT2D eigenvalue weighted by molar-refractivity contribution is 6.00. The summed E-state index contributed by atoms with van der Waals surface area (Å²) in [6, 6.07) is 9.56. The molecular formula is C14H13NO2. The Kier molecular flexibility index (Phi) is 2.97. The minimum atomic E-state index is -1.17. The maximum atomic E-state index is 10.9. The molecule has 1 aliphatic rings. The summed E-state index contributed by atoms with van der Waals surface area (Å²) < 4.78 is 0. The summed E-state index contributed by atoms with van der Waals surface area (Å²) >= 11 is 0. The third kappa shape index (κ3) is 2.36. The lowest BCUT2D eigenvalue weighted by atomic mass is 10.00. The molecule has 0 amide bonds. The fraction of sp³-hybridized carbons (Fsp3) is 0.286. The van der Waals surface area contributed by atoms with Crippen molar-refractivity contribution < 1.29 is 9.90 Å². The van der Waals surface area contributed by atoms with Crippen LogP contribution >= 0.6 is 0 Å². The zero-order chi connectivity index (χ0) is 12.4. The second-order valence-electron chi connectivity index (χ2n) is 4.31. The van der Waals surface area contributed by atoms with Gasteiger partial charge in [-0.3, -0.25) is 0 Å². The van der Waals surface area contributed by atoms with Gasteiger partial charge in [0.2, 0.25) is 0 Å². The lowest BCUT2D eigenvalue weighted by Gasteiger charge is -2.04. The van der Waals surface area contributed by atoms with Crippen molar-refractivity contribution in [2.24, 2.45) is 0 Å². The van der Waals surface area contributed by atoms with Gasteiger partial charge in [0.05, 0.1) is 0 Å². The van der Waals surface area contributed by atoms with Crippen LogP contribution in [0.5, 0.6) is 0 Å². The molecule has 1 aromatic rings. The van der Waals surface area contributed by atoms with Crippen LogP contribution in [-0.4, -0.2) is 11.1 Å². The van der Waals surface area contributed by atoms with Crippen molar-refractivity contribution in [1.82, 2.24) is 0 Å². The maximum absolute atomic E-state index is 10.9. The van der Waals surface area contributed by atoms with Gasteiger partial charge >= 0.3 is 5.97 Å². The van der Waals surface area contributed by atoms with E-state index in [1.807, 2.05) is 24.3 Å². The van der Waals surface area contributed by atoms with E-state index >= 15 is 0 Å². The van der Waals surface area contributed by atoms with Gasteiger partial charge in [-0.2, -0.15) is 5.26 Å². The van der Waals surface area contributed by atoms with Crippen molar-refractivity contribution in [3.05, 3.63) is 41.0 Å². The summed E-state index contributed by atoms with van der Waals surface area (Å²) in [7, 11) is 0. The maximum Gasteiger partial charge on any atom is 0.346 e. The number of hydrogen-bond acceptors (Lipinski definition) is 2. The van der Waals surface area contributed by atoms with E-state index in [9.17, 15) is 4.79 Å². The smallest absolute Gasteiger partial charge is 0.346 e. The Morgan fingerprint density at radius 2 is 1.94 bits per heavy atom. The topological polar surface area (TPSA) is 61.1 Å². The molecule has 0 aliphatic heterocycles. The summed E-state index contributed by atoms with van der Waals surface area (Å²) in [4.78, 5) is 10.9. The minimum Gasteiger partial charge on any atom is -0.477 e. The first-order chi connectivity index (χ1) is 8.13. The Balaban J connectivity index is 2.33. The van der Waals surface area contributed by atoms with E-state index in [2.05, 4.69) is 0 Å². The zero-order valence-electron chi connectivity index (χ0n) is 9.60. The van der Waals surface area contributed by atoms with Gasteiger partial charge in [0.25, 0.3) is 0 Å².